The minimum atomic E-state index is -0.607. The zero-order valence-corrected chi connectivity index (χ0v) is 14.4. The van der Waals surface area contributed by atoms with Crippen molar-refractivity contribution in [2.24, 2.45) is 0 Å². The van der Waals surface area contributed by atoms with Crippen LogP contribution in [0.1, 0.15) is 50.4 Å². The standard InChI is InChI=1S/C19H23NO4/c1-4-23-16-10-6-9-14-11-15(19(22)24-17(14)16)18(21)20-12(2)7-5-8-13(20)3/h6,9-13H,4-5,7-8H2,1-3H3. The molecule has 2 atom stereocenters. The number of carbonyl (C=O) groups excluding carboxylic acids is 1. The van der Waals surface area contributed by atoms with Gasteiger partial charge in [-0.3, -0.25) is 4.79 Å². The number of carbonyl (C=O) groups is 1. The van der Waals surface area contributed by atoms with Gasteiger partial charge in [0.05, 0.1) is 6.61 Å². The highest BCUT2D eigenvalue weighted by Gasteiger charge is 2.31. The smallest absolute Gasteiger partial charge is 0.349 e. The summed E-state index contributed by atoms with van der Waals surface area (Å²) in [5.74, 6) is 0.276. The molecule has 0 bridgehead atoms. The lowest BCUT2D eigenvalue weighted by Gasteiger charge is -2.38. The van der Waals surface area contributed by atoms with Gasteiger partial charge in [-0.2, -0.15) is 0 Å². The molecule has 0 saturated carbocycles. The summed E-state index contributed by atoms with van der Waals surface area (Å²) in [5.41, 5.74) is -0.123. The molecule has 2 unspecified atom stereocenters. The molecular formula is C19H23NO4. The minimum Gasteiger partial charge on any atom is -0.490 e. The van der Waals surface area contributed by atoms with Crippen molar-refractivity contribution < 1.29 is 13.9 Å². The lowest BCUT2D eigenvalue weighted by molar-refractivity contribution is 0.0506. The SMILES string of the molecule is CCOc1cccc2cc(C(=O)N3C(C)CCCC3C)c(=O)oc12. The van der Waals surface area contributed by atoms with Crippen LogP contribution in [0.5, 0.6) is 5.75 Å². The van der Waals surface area contributed by atoms with Crippen molar-refractivity contribution in [1.82, 2.24) is 4.90 Å². The monoisotopic (exact) mass is 329 g/mol. The Morgan fingerprint density at radius 3 is 2.67 bits per heavy atom. The van der Waals surface area contributed by atoms with Crippen molar-refractivity contribution in [2.75, 3.05) is 6.61 Å². The molecule has 0 aliphatic carbocycles. The van der Waals surface area contributed by atoms with Gasteiger partial charge < -0.3 is 14.1 Å². The molecule has 2 aromatic rings. The van der Waals surface area contributed by atoms with E-state index in [1.165, 1.54) is 0 Å². The van der Waals surface area contributed by atoms with Crippen molar-refractivity contribution in [3.05, 3.63) is 40.2 Å². The number of likely N-dealkylation sites (tertiary alicyclic amines) is 1. The maximum atomic E-state index is 12.9. The van der Waals surface area contributed by atoms with E-state index in [4.69, 9.17) is 9.15 Å². The normalized spacial score (nSPS) is 21.0. The van der Waals surface area contributed by atoms with Crippen molar-refractivity contribution in [3.63, 3.8) is 0 Å². The average Bonchev–Trinajstić information content (AvgIpc) is 2.55. The van der Waals surface area contributed by atoms with E-state index in [1.807, 2.05) is 37.8 Å². The van der Waals surface area contributed by atoms with Crippen LogP contribution in [0.4, 0.5) is 0 Å². The van der Waals surface area contributed by atoms with Gasteiger partial charge in [0.25, 0.3) is 5.91 Å². The molecule has 0 spiro atoms. The molecular weight excluding hydrogens is 306 g/mol. The van der Waals surface area contributed by atoms with Crippen molar-refractivity contribution in [3.8, 4) is 5.75 Å². The van der Waals surface area contributed by atoms with Crippen LogP contribution < -0.4 is 10.4 Å². The number of benzene rings is 1. The first kappa shape index (κ1) is 16.6. The Morgan fingerprint density at radius 2 is 2.00 bits per heavy atom. The number of hydrogen-bond donors (Lipinski definition) is 0. The maximum Gasteiger partial charge on any atom is 0.349 e. The summed E-state index contributed by atoms with van der Waals surface area (Å²) in [6.45, 7) is 6.41. The summed E-state index contributed by atoms with van der Waals surface area (Å²) in [7, 11) is 0. The molecule has 2 heterocycles. The van der Waals surface area contributed by atoms with Crippen LogP contribution in [0.25, 0.3) is 11.0 Å². The van der Waals surface area contributed by atoms with E-state index in [-0.39, 0.29) is 23.6 Å². The van der Waals surface area contributed by atoms with Gasteiger partial charge in [-0.05, 0) is 52.2 Å². The molecule has 3 rings (SSSR count). The highest BCUT2D eigenvalue weighted by Crippen LogP contribution is 2.27. The molecule has 1 saturated heterocycles. The highest BCUT2D eigenvalue weighted by atomic mass is 16.5. The van der Waals surface area contributed by atoms with E-state index in [9.17, 15) is 9.59 Å². The van der Waals surface area contributed by atoms with Gasteiger partial charge >= 0.3 is 5.63 Å². The number of ether oxygens (including phenoxy) is 1. The van der Waals surface area contributed by atoms with Crippen molar-refractivity contribution >= 4 is 16.9 Å². The lowest BCUT2D eigenvalue weighted by Crippen LogP contribution is -2.48. The van der Waals surface area contributed by atoms with Gasteiger partial charge in [0.2, 0.25) is 0 Å². The molecule has 5 heteroatoms. The zero-order chi connectivity index (χ0) is 17.3. The summed E-state index contributed by atoms with van der Waals surface area (Å²) >= 11 is 0. The number of piperidine rings is 1. The molecule has 1 amide bonds. The first-order chi connectivity index (χ1) is 11.5. The zero-order valence-electron chi connectivity index (χ0n) is 14.4. The quantitative estimate of drug-likeness (QED) is 0.807. The minimum absolute atomic E-state index is 0.0942. The molecule has 5 nitrogen and oxygen atoms in total. The molecule has 1 fully saturated rings. The van der Waals surface area contributed by atoms with E-state index in [0.29, 0.717) is 23.3 Å². The molecule has 1 aliphatic heterocycles. The molecule has 1 aromatic heterocycles. The van der Waals surface area contributed by atoms with Crippen molar-refractivity contribution in [1.29, 1.82) is 0 Å². The first-order valence-electron chi connectivity index (χ1n) is 8.55. The van der Waals surface area contributed by atoms with Gasteiger partial charge in [-0.1, -0.05) is 12.1 Å². The van der Waals surface area contributed by atoms with Crippen LogP contribution in [-0.4, -0.2) is 29.5 Å². The molecule has 0 N–H and O–H groups in total. The van der Waals surface area contributed by atoms with Crippen LogP contribution in [0.15, 0.2) is 33.5 Å². The second-order valence-electron chi connectivity index (χ2n) is 6.40. The Balaban J connectivity index is 2.05. The number of nitrogens with zero attached hydrogens (tertiary/aromatic N) is 1. The Labute approximate surface area is 141 Å². The van der Waals surface area contributed by atoms with Gasteiger partial charge in [0.1, 0.15) is 5.56 Å². The van der Waals surface area contributed by atoms with E-state index in [0.717, 1.165) is 19.3 Å². The predicted molar refractivity (Wildman–Crippen MR) is 92.6 cm³/mol. The van der Waals surface area contributed by atoms with Gasteiger partial charge in [0, 0.05) is 17.5 Å². The summed E-state index contributed by atoms with van der Waals surface area (Å²) < 4.78 is 10.9. The highest BCUT2D eigenvalue weighted by molar-refractivity contribution is 5.97. The maximum absolute atomic E-state index is 12.9. The molecule has 1 aromatic carbocycles. The van der Waals surface area contributed by atoms with E-state index >= 15 is 0 Å². The lowest BCUT2D eigenvalue weighted by atomic mass is 9.96. The van der Waals surface area contributed by atoms with Crippen LogP contribution >= 0.6 is 0 Å². The van der Waals surface area contributed by atoms with Crippen molar-refractivity contribution in [2.45, 2.75) is 52.1 Å². The Morgan fingerprint density at radius 1 is 1.29 bits per heavy atom. The summed E-state index contributed by atoms with van der Waals surface area (Å²) in [6.07, 6.45) is 3.03. The number of rotatable bonds is 3. The molecule has 128 valence electrons. The summed E-state index contributed by atoms with van der Waals surface area (Å²) in [5, 5.41) is 0.696. The first-order valence-corrected chi connectivity index (χ1v) is 8.55. The third-order valence-electron chi connectivity index (χ3n) is 4.68. The third-order valence-corrected chi connectivity index (χ3v) is 4.68. The Bertz CT molecular complexity index is 801. The third kappa shape index (κ3) is 2.90. The summed E-state index contributed by atoms with van der Waals surface area (Å²) in [6, 6.07) is 7.29. The van der Waals surface area contributed by atoms with Crippen LogP contribution in [0.3, 0.4) is 0 Å². The predicted octanol–water partition coefficient (Wildman–Crippen LogP) is 3.59. The number of amides is 1. The Kier molecular flexibility index (Phi) is 4.60. The topological polar surface area (TPSA) is 59.8 Å². The van der Waals surface area contributed by atoms with Gasteiger partial charge in [-0.15, -0.1) is 0 Å². The van der Waals surface area contributed by atoms with Crippen LogP contribution in [-0.2, 0) is 0 Å². The summed E-state index contributed by atoms with van der Waals surface area (Å²) in [4.78, 5) is 27.2. The second-order valence-corrected chi connectivity index (χ2v) is 6.40. The van der Waals surface area contributed by atoms with Crippen LogP contribution in [0.2, 0.25) is 0 Å². The van der Waals surface area contributed by atoms with E-state index in [2.05, 4.69) is 0 Å². The fourth-order valence-electron chi connectivity index (χ4n) is 3.50. The van der Waals surface area contributed by atoms with Gasteiger partial charge in [0.15, 0.2) is 11.3 Å². The largest absolute Gasteiger partial charge is 0.490 e. The number of para-hydroxylation sites is 1. The number of hydrogen-bond acceptors (Lipinski definition) is 4. The molecule has 0 radical (unpaired) electrons. The van der Waals surface area contributed by atoms with E-state index in [1.54, 1.807) is 12.1 Å². The van der Waals surface area contributed by atoms with Crippen LogP contribution in [0, 0.1) is 0 Å². The molecule has 1 aliphatic rings. The fourth-order valence-corrected chi connectivity index (χ4v) is 3.50. The molecule has 24 heavy (non-hydrogen) atoms. The van der Waals surface area contributed by atoms with Gasteiger partial charge in [-0.25, -0.2) is 4.79 Å². The average molecular weight is 329 g/mol. The number of fused-ring (bicyclic) bond motifs is 1. The Hall–Kier alpha value is -2.30. The van der Waals surface area contributed by atoms with E-state index < -0.39 is 5.63 Å². The fraction of sp³-hybridized carbons (Fsp3) is 0.474. The second kappa shape index (κ2) is 6.67.